The Labute approximate surface area is 202 Å². The van der Waals surface area contributed by atoms with Crippen LogP contribution in [0.2, 0.25) is 0 Å². The number of hydrogen-bond acceptors (Lipinski definition) is 7. The van der Waals surface area contributed by atoms with Crippen LogP contribution in [0.15, 0.2) is 52.3 Å². The molecule has 11 heteroatoms. The van der Waals surface area contributed by atoms with Crippen LogP contribution in [0.5, 0.6) is 5.88 Å². The molecule has 2 heterocycles. The van der Waals surface area contributed by atoms with E-state index in [1.54, 1.807) is 18.6 Å². The second-order valence-electron chi connectivity index (χ2n) is 8.74. The number of rotatable bonds is 8. The van der Waals surface area contributed by atoms with Crippen molar-refractivity contribution in [1.29, 1.82) is 0 Å². The number of ether oxygens (including phenoxy) is 1. The molecule has 0 saturated carbocycles. The normalized spacial score (nSPS) is 13.1. The quantitative estimate of drug-likeness (QED) is 0.464. The van der Waals surface area contributed by atoms with Gasteiger partial charge in [-0.05, 0) is 54.7 Å². The summed E-state index contributed by atoms with van der Waals surface area (Å²) in [5.74, 6) is -2.35. The summed E-state index contributed by atoms with van der Waals surface area (Å²) >= 11 is 0. The fraction of sp³-hybridized carbons (Fsp3) is 0.333. The Kier molecular flexibility index (Phi) is 7.32. The largest absolute Gasteiger partial charge is 0.481 e. The number of carbonyl (C=O) groups excluding carboxylic acids is 1. The number of hydrogen-bond donors (Lipinski definition) is 2. The summed E-state index contributed by atoms with van der Waals surface area (Å²) < 4.78 is 67.3. The van der Waals surface area contributed by atoms with Gasteiger partial charge in [0.1, 0.15) is 5.82 Å². The molecule has 0 fully saturated rings. The molecule has 0 aliphatic heterocycles. The summed E-state index contributed by atoms with van der Waals surface area (Å²) in [7, 11) is -3.22. The number of alkyl halides is 1. The van der Waals surface area contributed by atoms with Gasteiger partial charge in [-0.25, -0.2) is 18.5 Å². The van der Waals surface area contributed by atoms with Gasteiger partial charge in [0, 0.05) is 29.5 Å². The molecule has 35 heavy (non-hydrogen) atoms. The van der Waals surface area contributed by atoms with Crippen molar-refractivity contribution < 1.29 is 36.3 Å². The molecule has 0 bridgehead atoms. The van der Waals surface area contributed by atoms with Crippen LogP contribution in [0.25, 0.3) is 11.1 Å². The second-order valence-corrected chi connectivity index (χ2v) is 10.4. The smallest absolute Gasteiger partial charge is 0.297 e. The number of aromatic nitrogens is 1. The number of amides is 1. The first kappa shape index (κ1) is 26.3. The fourth-order valence-corrected chi connectivity index (χ4v) is 4.40. The van der Waals surface area contributed by atoms with Crippen LogP contribution in [0.1, 0.15) is 56.5 Å². The number of halogens is 2. The molecular weight excluding hydrogens is 482 g/mol. The number of carbonyl (C=O) groups is 1. The monoisotopic (exact) mass is 508 g/mol. The molecule has 0 radical (unpaired) electrons. The van der Waals surface area contributed by atoms with E-state index in [-0.39, 0.29) is 28.1 Å². The van der Waals surface area contributed by atoms with Crippen molar-refractivity contribution in [2.24, 2.45) is 0 Å². The van der Waals surface area contributed by atoms with Crippen LogP contribution < -0.4 is 9.46 Å². The molecule has 0 aliphatic rings. The Morgan fingerprint density at radius 3 is 2.49 bits per heavy atom. The average Bonchev–Trinajstić information content (AvgIpc) is 3.30. The van der Waals surface area contributed by atoms with Crippen molar-refractivity contribution in [1.82, 2.24) is 9.71 Å². The minimum Gasteiger partial charge on any atom is -0.481 e. The zero-order valence-corrected chi connectivity index (χ0v) is 20.6. The highest BCUT2D eigenvalue weighted by molar-refractivity contribution is 7.89. The number of pyridine rings is 1. The van der Waals surface area contributed by atoms with Crippen molar-refractivity contribution in [2.45, 2.75) is 50.5 Å². The summed E-state index contributed by atoms with van der Waals surface area (Å²) in [6, 6.07) is 6.15. The van der Waals surface area contributed by atoms with E-state index in [2.05, 4.69) is 4.98 Å². The van der Waals surface area contributed by atoms with E-state index in [0.717, 1.165) is 24.5 Å². The van der Waals surface area contributed by atoms with E-state index in [1.165, 1.54) is 39.3 Å². The number of furan rings is 1. The van der Waals surface area contributed by atoms with Gasteiger partial charge in [0.2, 0.25) is 17.1 Å². The molecule has 1 atom stereocenters. The van der Waals surface area contributed by atoms with Crippen LogP contribution >= 0.6 is 0 Å². The van der Waals surface area contributed by atoms with E-state index < -0.39 is 44.5 Å². The molecule has 1 unspecified atom stereocenters. The van der Waals surface area contributed by atoms with Gasteiger partial charge in [-0.2, -0.15) is 8.42 Å². The predicted molar refractivity (Wildman–Crippen MR) is 123 cm³/mol. The first-order valence-corrected chi connectivity index (χ1v) is 12.1. The van der Waals surface area contributed by atoms with Crippen molar-refractivity contribution in [3.8, 4) is 17.0 Å². The standard InChI is InChI=1S/C24H26F2N2O6S/c1-13(2)17-10-16(25)11-18(14-6-7-27-19(8-14)33-5)21(17)22(26)23(29)28-35(31,32)20-9-15(12-34-20)24(3,4)30/h6-13,22,30H,1-5H3,(H,28,29). The van der Waals surface area contributed by atoms with Gasteiger partial charge in [0.15, 0.2) is 0 Å². The zero-order valence-electron chi connectivity index (χ0n) is 19.8. The van der Waals surface area contributed by atoms with Gasteiger partial charge < -0.3 is 14.3 Å². The number of nitrogens with zero attached hydrogens (tertiary/aromatic N) is 1. The summed E-state index contributed by atoms with van der Waals surface area (Å²) in [4.78, 5) is 16.8. The van der Waals surface area contributed by atoms with E-state index in [1.807, 2.05) is 0 Å². The van der Waals surface area contributed by atoms with Gasteiger partial charge in [-0.3, -0.25) is 4.79 Å². The lowest BCUT2D eigenvalue weighted by molar-refractivity contribution is -0.124. The average molecular weight is 509 g/mol. The Balaban J connectivity index is 2.05. The van der Waals surface area contributed by atoms with Gasteiger partial charge >= 0.3 is 0 Å². The van der Waals surface area contributed by atoms with Crippen LogP contribution in [0, 0.1) is 5.82 Å². The van der Waals surface area contributed by atoms with Crippen molar-refractivity contribution in [3.63, 3.8) is 0 Å². The second kappa shape index (κ2) is 9.74. The molecule has 0 spiro atoms. The molecule has 2 aromatic heterocycles. The van der Waals surface area contributed by atoms with Crippen LogP contribution in [-0.2, 0) is 20.4 Å². The number of sulfonamides is 1. The third kappa shape index (κ3) is 5.68. The summed E-state index contributed by atoms with van der Waals surface area (Å²) in [6.07, 6.45) is -0.0643. The number of aliphatic hydroxyl groups is 1. The maximum Gasteiger partial charge on any atom is 0.297 e. The van der Waals surface area contributed by atoms with Gasteiger partial charge in [0.25, 0.3) is 15.9 Å². The lowest BCUT2D eigenvalue weighted by Gasteiger charge is -2.21. The maximum absolute atomic E-state index is 15.7. The van der Waals surface area contributed by atoms with Crippen molar-refractivity contribution in [2.75, 3.05) is 7.11 Å². The predicted octanol–water partition coefficient (Wildman–Crippen LogP) is 4.36. The third-order valence-corrected chi connectivity index (χ3v) is 6.53. The Morgan fingerprint density at radius 1 is 1.23 bits per heavy atom. The molecule has 0 saturated heterocycles. The zero-order chi connectivity index (χ0) is 26.1. The summed E-state index contributed by atoms with van der Waals surface area (Å²) in [6.45, 7) is 6.22. The summed E-state index contributed by atoms with van der Waals surface area (Å²) in [5, 5.41) is 9.35. The number of benzene rings is 1. The van der Waals surface area contributed by atoms with Gasteiger partial charge in [-0.15, -0.1) is 0 Å². The first-order valence-electron chi connectivity index (χ1n) is 10.6. The molecule has 1 amide bonds. The Morgan fingerprint density at radius 2 is 1.91 bits per heavy atom. The minimum atomic E-state index is -4.60. The lowest BCUT2D eigenvalue weighted by Crippen LogP contribution is -2.33. The van der Waals surface area contributed by atoms with E-state index in [0.29, 0.717) is 5.56 Å². The van der Waals surface area contributed by atoms with Gasteiger partial charge in [-0.1, -0.05) is 13.8 Å². The third-order valence-electron chi connectivity index (χ3n) is 5.32. The highest BCUT2D eigenvalue weighted by Crippen LogP contribution is 2.38. The Bertz CT molecular complexity index is 1350. The minimum absolute atomic E-state index is 0.0526. The van der Waals surface area contributed by atoms with E-state index in [4.69, 9.17) is 9.15 Å². The number of nitrogens with one attached hydrogen (secondary N) is 1. The molecule has 188 valence electrons. The van der Waals surface area contributed by atoms with Crippen molar-refractivity contribution in [3.05, 3.63) is 65.3 Å². The van der Waals surface area contributed by atoms with Crippen molar-refractivity contribution >= 4 is 15.9 Å². The lowest BCUT2D eigenvalue weighted by atomic mass is 9.87. The molecule has 3 rings (SSSR count). The van der Waals surface area contributed by atoms with Crippen LogP contribution in [0.3, 0.4) is 0 Å². The molecule has 2 N–H and O–H groups in total. The molecule has 3 aromatic rings. The maximum atomic E-state index is 15.7. The summed E-state index contributed by atoms with van der Waals surface area (Å²) in [5.41, 5.74) is -0.858. The van der Waals surface area contributed by atoms with E-state index in [9.17, 15) is 22.7 Å². The SMILES string of the molecule is COc1cc(-c2cc(F)cc(C(C)C)c2C(F)C(=O)NS(=O)(=O)c2cc(C(C)(C)O)co2)ccn1. The molecular formula is C24H26F2N2O6S. The highest BCUT2D eigenvalue weighted by atomic mass is 32.2. The fourth-order valence-electron chi connectivity index (χ4n) is 3.47. The molecule has 0 aliphatic carbocycles. The molecule has 1 aromatic carbocycles. The highest BCUT2D eigenvalue weighted by Gasteiger charge is 2.33. The van der Waals surface area contributed by atoms with E-state index >= 15 is 4.39 Å². The molecule has 8 nitrogen and oxygen atoms in total. The topological polar surface area (TPSA) is 119 Å². The van der Waals surface area contributed by atoms with Crippen LogP contribution in [-0.4, -0.2) is 31.5 Å². The first-order chi connectivity index (χ1) is 16.2. The van der Waals surface area contributed by atoms with Gasteiger partial charge in [0.05, 0.1) is 19.0 Å². The Hall–Kier alpha value is -3.31. The van der Waals surface area contributed by atoms with Crippen LogP contribution in [0.4, 0.5) is 8.78 Å². The number of methoxy groups -OCH3 is 1.